The van der Waals surface area contributed by atoms with Crippen LogP contribution in [0.4, 0.5) is 4.79 Å². The third kappa shape index (κ3) is 3.70. The Hall–Kier alpha value is -0.770. The molecule has 0 aromatic carbocycles. The maximum absolute atomic E-state index is 11.1. The fourth-order valence-electron chi connectivity index (χ4n) is 2.29. The quantitative estimate of drug-likeness (QED) is 0.748. The molecule has 15 heavy (non-hydrogen) atoms. The van der Waals surface area contributed by atoms with Crippen LogP contribution in [0.25, 0.3) is 0 Å². The van der Waals surface area contributed by atoms with E-state index < -0.39 is 0 Å². The minimum Gasteiger partial charge on any atom is -0.453 e. The summed E-state index contributed by atoms with van der Waals surface area (Å²) in [5.41, 5.74) is 5.66. The first-order valence-corrected chi connectivity index (χ1v) is 5.72. The van der Waals surface area contributed by atoms with Crippen molar-refractivity contribution >= 4 is 6.09 Å². The number of carbonyl (C=O) groups excluding carboxylic acids is 1. The molecule has 0 saturated heterocycles. The average molecular weight is 214 g/mol. The van der Waals surface area contributed by atoms with Crippen LogP contribution in [0, 0.1) is 11.8 Å². The van der Waals surface area contributed by atoms with Crippen molar-refractivity contribution in [2.24, 2.45) is 17.6 Å². The van der Waals surface area contributed by atoms with Crippen LogP contribution in [-0.2, 0) is 4.74 Å². The molecule has 3 atom stereocenters. The number of methoxy groups -OCH3 is 1. The molecule has 1 saturated carbocycles. The van der Waals surface area contributed by atoms with Crippen molar-refractivity contribution in [1.29, 1.82) is 0 Å². The minimum absolute atomic E-state index is 0.269. The van der Waals surface area contributed by atoms with Gasteiger partial charge in [-0.05, 0) is 37.6 Å². The number of ether oxygens (including phenoxy) is 1. The van der Waals surface area contributed by atoms with Crippen molar-refractivity contribution in [3.63, 3.8) is 0 Å². The standard InChI is InChI=1S/C11H22N2O2/c1-8(7-12)9-4-3-5-10(6-9)13-11(14)15-2/h8-10H,3-7,12H2,1-2H3,(H,13,14). The summed E-state index contributed by atoms with van der Waals surface area (Å²) in [5, 5.41) is 2.88. The van der Waals surface area contributed by atoms with Gasteiger partial charge < -0.3 is 15.8 Å². The smallest absolute Gasteiger partial charge is 0.407 e. The van der Waals surface area contributed by atoms with Gasteiger partial charge in [0.25, 0.3) is 0 Å². The first kappa shape index (κ1) is 12.3. The van der Waals surface area contributed by atoms with E-state index in [1.54, 1.807) is 0 Å². The van der Waals surface area contributed by atoms with Gasteiger partial charge in [0.1, 0.15) is 0 Å². The summed E-state index contributed by atoms with van der Waals surface area (Å²) in [6.45, 7) is 2.92. The molecule has 0 aromatic heterocycles. The van der Waals surface area contributed by atoms with Crippen molar-refractivity contribution in [3.05, 3.63) is 0 Å². The minimum atomic E-state index is -0.318. The third-order valence-corrected chi connectivity index (χ3v) is 3.40. The molecule has 0 aromatic rings. The topological polar surface area (TPSA) is 64.3 Å². The Kier molecular flexibility index (Phi) is 4.88. The molecule has 1 amide bonds. The third-order valence-electron chi connectivity index (χ3n) is 3.40. The van der Waals surface area contributed by atoms with Gasteiger partial charge in [0.2, 0.25) is 0 Å². The van der Waals surface area contributed by atoms with Gasteiger partial charge in [-0.1, -0.05) is 13.3 Å². The van der Waals surface area contributed by atoms with E-state index in [0.29, 0.717) is 11.8 Å². The van der Waals surface area contributed by atoms with Gasteiger partial charge in [-0.3, -0.25) is 0 Å². The number of nitrogens with one attached hydrogen (secondary N) is 1. The summed E-state index contributed by atoms with van der Waals surface area (Å²) in [4.78, 5) is 11.1. The van der Waals surface area contributed by atoms with Gasteiger partial charge in [-0.25, -0.2) is 4.79 Å². The molecular formula is C11H22N2O2. The van der Waals surface area contributed by atoms with Crippen LogP contribution in [0.15, 0.2) is 0 Å². The van der Waals surface area contributed by atoms with Crippen molar-refractivity contribution in [3.8, 4) is 0 Å². The zero-order chi connectivity index (χ0) is 11.3. The predicted molar refractivity (Wildman–Crippen MR) is 59.5 cm³/mol. The molecule has 0 aliphatic heterocycles. The molecule has 88 valence electrons. The highest BCUT2D eigenvalue weighted by Crippen LogP contribution is 2.29. The molecule has 0 radical (unpaired) electrons. The van der Waals surface area contributed by atoms with Gasteiger partial charge in [0.15, 0.2) is 0 Å². The monoisotopic (exact) mass is 214 g/mol. The van der Waals surface area contributed by atoms with Crippen LogP contribution >= 0.6 is 0 Å². The molecule has 1 rings (SSSR count). The Morgan fingerprint density at radius 1 is 1.60 bits per heavy atom. The molecule has 1 aliphatic rings. The molecule has 1 fully saturated rings. The Labute approximate surface area is 91.5 Å². The first-order valence-electron chi connectivity index (χ1n) is 5.72. The lowest BCUT2D eigenvalue weighted by Gasteiger charge is -2.32. The van der Waals surface area contributed by atoms with Gasteiger partial charge >= 0.3 is 6.09 Å². The number of rotatable bonds is 3. The maximum Gasteiger partial charge on any atom is 0.407 e. The highest BCUT2D eigenvalue weighted by atomic mass is 16.5. The van der Waals surface area contributed by atoms with E-state index in [0.717, 1.165) is 19.4 Å². The van der Waals surface area contributed by atoms with Crippen LogP contribution in [-0.4, -0.2) is 25.8 Å². The Bertz CT molecular complexity index is 209. The largest absolute Gasteiger partial charge is 0.453 e. The lowest BCUT2D eigenvalue weighted by Crippen LogP contribution is -2.40. The van der Waals surface area contributed by atoms with Gasteiger partial charge in [0.05, 0.1) is 7.11 Å². The molecule has 4 nitrogen and oxygen atoms in total. The highest BCUT2D eigenvalue weighted by Gasteiger charge is 2.26. The van der Waals surface area contributed by atoms with Gasteiger partial charge in [0, 0.05) is 6.04 Å². The molecule has 0 heterocycles. The zero-order valence-electron chi connectivity index (χ0n) is 9.66. The molecule has 3 unspecified atom stereocenters. The maximum atomic E-state index is 11.1. The van der Waals surface area contributed by atoms with Crippen LogP contribution < -0.4 is 11.1 Å². The fraction of sp³-hybridized carbons (Fsp3) is 0.909. The lowest BCUT2D eigenvalue weighted by molar-refractivity contribution is 0.154. The predicted octanol–water partition coefficient (Wildman–Crippen LogP) is 1.50. The average Bonchev–Trinajstić information content (AvgIpc) is 2.28. The summed E-state index contributed by atoms with van der Waals surface area (Å²) in [6, 6.07) is 0.269. The van der Waals surface area contributed by atoms with E-state index in [2.05, 4.69) is 17.0 Å². The SMILES string of the molecule is COC(=O)NC1CCCC(C(C)CN)C1. The summed E-state index contributed by atoms with van der Waals surface area (Å²) in [5.74, 6) is 1.19. The summed E-state index contributed by atoms with van der Waals surface area (Å²) >= 11 is 0. The van der Waals surface area contributed by atoms with E-state index in [4.69, 9.17) is 5.73 Å². The summed E-state index contributed by atoms with van der Waals surface area (Å²) < 4.78 is 4.60. The van der Waals surface area contributed by atoms with E-state index in [-0.39, 0.29) is 12.1 Å². The van der Waals surface area contributed by atoms with Crippen LogP contribution in [0.2, 0.25) is 0 Å². The number of alkyl carbamates (subject to hydrolysis) is 1. The molecular weight excluding hydrogens is 192 g/mol. The number of hydrogen-bond acceptors (Lipinski definition) is 3. The van der Waals surface area contributed by atoms with E-state index in [1.807, 2.05) is 0 Å². The first-order chi connectivity index (χ1) is 7.17. The number of nitrogens with two attached hydrogens (primary N) is 1. The number of amides is 1. The Morgan fingerprint density at radius 3 is 2.93 bits per heavy atom. The van der Waals surface area contributed by atoms with E-state index >= 15 is 0 Å². The Morgan fingerprint density at radius 2 is 2.33 bits per heavy atom. The van der Waals surface area contributed by atoms with Crippen LogP contribution in [0.3, 0.4) is 0 Å². The summed E-state index contributed by atoms with van der Waals surface area (Å²) in [7, 11) is 1.40. The fourth-order valence-corrected chi connectivity index (χ4v) is 2.29. The van der Waals surface area contributed by atoms with Gasteiger partial charge in [-0.2, -0.15) is 0 Å². The van der Waals surface area contributed by atoms with Crippen LogP contribution in [0.5, 0.6) is 0 Å². The number of carbonyl (C=O) groups is 1. The molecule has 1 aliphatic carbocycles. The number of hydrogen-bond donors (Lipinski definition) is 2. The second-order valence-electron chi connectivity index (χ2n) is 4.47. The van der Waals surface area contributed by atoms with Gasteiger partial charge in [-0.15, -0.1) is 0 Å². The summed E-state index contributed by atoms with van der Waals surface area (Å²) in [6.07, 6.45) is 4.18. The van der Waals surface area contributed by atoms with Crippen molar-refractivity contribution in [2.45, 2.75) is 38.6 Å². The van der Waals surface area contributed by atoms with Crippen molar-refractivity contribution in [1.82, 2.24) is 5.32 Å². The Balaban J connectivity index is 2.38. The molecule has 4 heteroatoms. The second kappa shape index (κ2) is 5.95. The normalized spacial score (nSPS) is 28.2. The second-order valence-corrected chi connectivity index (χ2v) is 4.47. The lowest BCUT2D eigenvalue weighted by atomic mass is 9.78. The van der Waals surface area contributed by atoms with E-state index in [1.165, 1.54) is 20.0 Å². The van der Waals surface area contributed by atoms with Crippen molar-refractivity contribution in [2.75, 3.05) is 13.7 Å². The highest BCUT2D eigenvalue weighted by molar-refractivity contribution is 5.67. The molecule has 3 N–H and O–H groups in total. The zero-order valence-corrected chi connectivity index (χ0v) is 9.66. The molecule has 0 bridgehead atoms. The van der Waals surface area contributed by atoms with Crippen LogP contribution in [0.1, 0.15) is 32.6 Å². The van der Waals surface area contributed by atoms with Crippen molar-refractivity contribution < 1.29 is 9.53 Å². The molecule has 0 spiro atoms. The van der Waals surface area contributed by atoms with E-state index in [9.17, 15) is 4.79 Å².